The van der Waals surface area contributed by atoms with Crippen LogP contribution in [-0.2, 0) is 22.4 Å². The summed E-state index contributed by atoms with van der Waals surface area (Å²) >= 11 is 2.10. The molecule has 0 amide bonds. The molecule has 1 atom stereocenters. The molecule has 0 radical (unpaired) electrons. The Kier molecular flexibility index (Phi) is 4.40. The molecule has 2 aromatic heterocycles. The molecule has 1 N–H and O–H groups in total. The first-order valence-electron chi connectivity index (χ1n) is 7.07. The predicted molar refractivity (Wildman–Crippen MR) is 81.2 cm³/mol. The van der Waals surface area contributed by atoms with E-state index in [4.69, 9.17) is 0 Å². The van der Waals surface area contributed by atoms with Gasteiger partial charge in [0.2, 0.25) is 0 Å². The average Bonchev–Trinajstić information content (AvgIpc) is 2.84. The number of hydrogen-bond donors (Lipinski definition) is 1. The number of carboxylic acid groups (broad SMARTS) is 2. The molecule has 0 fully saturated rings. The topological polar surface area (TPSA) is 126 Å². The van der Waals surface area contributed by atoms with Gasteiger partial charge in [-0.15, -0.1) is 11.3 Å². The lowest BCUT2D eigenvalue weighted by Gasteiger charge is -2.17. The van der Waals surface area contributed by atoms with Gasteiger partial charge in [-0.05, 0) is 31.2 Å². The number of nitrogens with zero attached hydrogens (tertiary/aromatic N) is 1. The number of carbonyl (C=O) groups is 2. The number of fused-ring (bicyclic) bond motifs is 3. The summed E-state index contributed by atoms with van der Waals surface area (Å²) in [5, 5.41) is 20.9. The number of rotatable bonds is 5. The Morgan fingerprint density at radius 3 is 2.74 bits per heavy atom. The number of aromatic amines is 1. The lowest BCUT2D eigenvalue weighted by atomic mass is 9.97. The molecule has 2 heterocycles. The molecule has 0 bridgehead atoms. The molecule has 1 unspecified atom stereocenters. The number of thiophene rings is 1. The van der Waals surface area contributed by atoms with Crippen molar-refractivity contribution in [2.75, 3.05) is 0 Å². The van der Waals surface area contributed by atoms with Crippen molar-refractivity contribution in [1.29, 1.82) is 0 Å². The minimum absolute atomic E-state index is 0.0801. The van der Waals surface area contributed by atoms with Crippen LogP contribution in [0.15, 0.2) is 9.95 Å². The number of carboxylic acids is 2. The average molecular weight is 352 g/mol. The van der Waals surface area contributed by atoms with Crippen LogP contribution in [0.3, 0.4) is 0 Å². The quantitative estimate of drug-likeness (QED) is 0.552. The highest BCUT2D eigenvalue weighted by atomic mass is 32.2. The number of H-pyrrole nitrogens is 1. The molecule has 0 saturated heterocycles. The van der Waals surface area contributed by atoms with E-state index in [1.165, 1.54) is 11.3 Å². The van der Waals surface area contributed by atoms with E-state index in [0.29, 0.717) is 22.0 Å². The number of aliphatic carboxylic acids is 2. The molecular weight excluding hydrogens is 340 g/mol. The van der Waals surface area contributed by atoms with E-state index in [-0.39, 0.29) is 10.7 Å². The van der Waals surface area contributed by atoms with Gasteiger partial charge < -0.3 is 24.8 Å². The van der Waals surface area contributed by atoms with Crippen LogP contribution in [0.2, 0.25) is 0 Å². The highest BCUT2D eigenvalue weighted by Crippen LogP contribution is 2.34. The summed E-state index contributed by atoms with van der Waals surface area (Å²) in [6.45, 7) is 0. The van der Waals surface area contributed by atoms with E-state index in [1.807, 2.05) is 0 Å². The maximum atomic E-state index is 12.3. The van der Waals surface area contributed by atoms with E-state index >= 15 is 0 Å². The molecule has 0 spiro atoms. The lowest BCUT2D eigenvalue weighted by molar-refractivity contribution is -0.314. The largest absolute Gasteiger partial charge is 0.550 e. The zero-order chi connectivity index (χ0) is 16.6. The monoisotopic (exact) mass is 352 g/mol. The SMILES string of the molecule is O=C([O-])CC(Sc1nc2sc3c(c2c(=O)[nH]1)CCCC3)C(=O)[O-]. The number of aromatic nitrogens is 2. The minimum atomic E-state index is -1.53. The standard InChI is InChI=1S/C14H14N2O5S2/c17-9(18)5-8(13(20)21)23-14-15-11(19)10-6-3-1-2-4-7(6)22-12(10)16-14/h8H,1-5H2,(H,17,18)(H,20,21)(H,15,16,19)/p-2. The molecule has 23 heavy (non-hydrogen) atoms. The summed E-state index contributed by atoms with van der Waals surface area (Å²) in [5.41, 5.74) is 0.718. The summed E-state index contributed by atoms with van der Waals surface area (Å²) in [7, 11) is 0. The van der Waals surface area contributed by atoms with Crippen molar-refractivity contribution in [2.45, 2.75) is 42.5 Å². The molecule has 1 aliphatic carbocycles. The van der Waals surface area contributed by atoms with Gasteiger partial charge in [0.05, 0.1) is 16.6 Å². The highest BCUT2D eigenvalue weighted by molar-refractivity contribution is 8.00. The Bertz CT molecular complexity index is 842. The lowest BCUT2D eigenvalue weighted by Crippen LogP contribution is -2.38. The van der Waals surface area contributed by atoms with Crippen molar-refractivity contribution in [3.63, 3.8) is 0 Å². The van der Waals surface area contributed by atoms with Crippen LogP contribution in [-0.4, -0.2) is 27.2 Å². The summed E-state index contributed by atoms with van der Waals surface area (Å²) in [6.07, 6.45) is 3.17. The van der Waals surface area contributed by atoms with E-state index in [9.17, 15) is 24.6 Å². The Morgan fingerprint density at radius 1 is 1.30 bits per heavy atom. The highest BCUT2D eigenvalue weighted by Gasteiger charge is 2.21. The van der Waals surface area contributed by atoms with E-state index in [0.717, 1.165) is 36.1 Å². The molecule has 9 heteroatoms. The van der Waals surface area contributed by atoms with Gasteiger partial charge in [0, 0.05) is 17.3 Å². The van der Waals surface area contributed by atoms with Crippen LogP contribution in [0.5, 0.6) is 0 Å². The van der Waals surface area contributed by atoms with Gasteiger partial charge in [-0.25, -0.2) is 4.98 Å². The number of carbonyl (C=O) groups excluding carboxylic acids is 2. The molecule has 0 aliphatic heterocycles. The van der Waals surface area contributed by atoms with Crippen LogP contribution in [0.1, 0.15) is 29.7 Å². The molecular formula is C14H12N2O5S2-2. The van der Waals surface area contributed by atoms with Crippen molar-refractivity contribution >= 4 is 45.3 Å². The fraction of sp³-hybridized carbons (Fsp3) is 0.429. The summed E-state index contributed by atoms with van der Waals surface area (Å²) in [4.78, 5) is 42.5. The second-order valence-electron chi connectivity index (χ2n) is 5.26. The van der Waals surface area contributed by atoms with E-state index in [2.05, 4.69) is 9.97 Å². The van der Waals surface area contributed by atoms with Crippen molar-refractivity contribution < 1.29 is 19.8 Å². The van der Waals surface area contributed by atoms with Gasteiger partial charge in [0.15, 0.2) is 5.16 Å². The van der Waals surface area contributed by atoms with Gasteiger partial charge in [0.25, 0.3) is 5.56 Å². The molecule has 0 aromatic carbocycles. The second kappa shape index (κ2) is 6.32. The molecule has 122 valence electrons. The van der Waals surface area contributed by atoms with Crippen molar-refractivity contribution in [3.05, 3.63) is 20.8 Å². The van der Waals surface area contributed by atoms with Gasteiger partial charge in [-0.3, -0.25) is 4.79 Å². The molecule has 7 nitrogen and oxygen atoms in total. The fourth-order valence-electron chi connectivity index (χ4n) is 2.66. The minimum Gasteiger partial charge on any atom is -0.550 e. The maximum absolute atomic E-state index is 12.3. The van der Waals surface area contributed by atoms with Crippen molar-refractivity contribution in [3.8, 4) is 0 Å². The van der Waals surface area contributed by atoms with Crippen LogP contribution in [0.4, 0.5) is 0 Å². The molecule has 3 rings (SSSR count). The van der Waals surface area contributed by atoms with Gasteiger partial charge in [-0.2, -0.15) is 0 Å². The van der Waals surface area contributed by atoms with Crippen LogP contribution >= 0.6 is 23.1 Å². The second-order valence-corrected chi connectivity index (χ2v) is 7.54. The van der Waals surface area contributed by atoms with E-state index in [1.54, 1.807) is 0 Å². The third kappa shape index (κ3) is 3.25. The number of nitrogens with one attached hydrogen (secondary N) is 1. The summed E-state index contributed by atoms with van der Waals surface area (Å²) in [5.74, 6) is -3.03. The molecule has 2 aromatic rings. The van der Waals surface area contributed by atoms with Crippen molar-refractivity contribution in [1.82, 2.24) is 9.97 Å². The third-order valence-corrected chi connectivity index (χ3v) is 5.92. The third-order valence-electron chi connectivity index (χ3n) is 3.67. The van der Waals surface area contributed by atoms with Crippen LogP contribution in [0.25, 0.3) is 10.2 Å². The Hall–Kier alpha value is -1.87. The predicted octanol–water partition coefficient (Wildman–Crippen LogP) is -0.786. The van der Waals surface area contributed by atoms with Gasteiger partial charge in [-0.1, -0.05) is 11.8 Å². The smallest absolute Gasteiger partial charge is 0.260 e. The zero-order valence-electron chi connectivity index (χ0n) is 11.9. The number of hydrogen-bond acceptors (Lipinski definition) is 8. The number of aryl methyl sites for hydroxylation is 2. The fourth-order valence-corrected chi connectivity index (χ4v) is 4.86. The van der Waals surface area contributed by atoms with Crippen LogP contribution in [0, 0.1) is 0 Å². The maximum Gasteiger partial charge on any atom is 0.260 e. The van der Waals surface area contributed by atoms with Crippen molar-refractivity contribution in [2.24, 2.45) is 0 Å². The molecule has 1 aliphatic rings. The van der Waals surface area contributed by atoms with Gasteiger partial charge >= 0.3 is 0 Å². The van der Waals surface area contributed by atoms with E-state index < -0.39 is 23.6 Å². The zero-order valence-corrected chi connectivity index (χ0v) is 13.6. The van der Waals surface area contributed by atoms with Gasteiger partial charge in [0.1, 0.15) is 4.83 Å². The summed E-state index contributed by atoms with van der Waals surface area (Å²) in [6, 6.07) is 0. The Balaban J connectivity index is 1.98. The Labute approximate surface area is 138 Å². The number of thioether (sulfide) groups is 1. The Morgan fingerprint density at radius 2 is 2.04 bits per heavy atom. The molecule has 0 saturated carbocycles. The summed E-state index contributed by atoms with van der Waals surface area (Å²) < 4.78 is 0. The first-order chi connectivity index (χ1) is 11.0. The first-order valence-corrected chi connectivity index (χ1v) is 8.77. The first kappa shape index (κ1) is 16.0. The normalized spacial score (nSPS) is 15.3. The van der Waals surface area contributed by atoms with Crippen LogP contribution < -0.4 is 15.8 Å².